The quantitative estimate of drug-likeness (QED) is 0.136. The van der Waals surface area contributed by atoms with Crippen LogP contribution in [0.25, 0.3) is 10.9 Å². The molecule has 0 aliphatic heterocycles. The molecule has 0 spiro atoms. The Morgan fingerprint density at radius 3 is 2.08 bits per heavy atom. The van der Waals surface area contributed by atoms with E-state index in [1.54, 1.807) is 26.1 Å². The second-order valence-electron chi connectivity index (χ2n) is 9.46. The van der Waals surface area contributed by atoms with E-state index in [-0.39, 0.29) is 12.3 Å². The van der Waals surface area contributed by atoms with E-state index in [4.69, 9.17) is 16.6 Å². The Bertz CT molecular complexity index is 1230. The summed E-state index contributed by atoms with van der Waals surface area (Å²) >= 11 is 0. The number of carbonyl (C=O) groups excluding carboxylic acids is 4. The van der Waals surface area contributed by atoms with Crippen LogP contribution in [-0.2, 0) is 35.2 Å². The molecule has 2 aromatic rings. The number of H-pyrrole nitrogens is 1. The van der Waals surface area contributed by atoms with Gasteiger partial charge in [0.25, 0.3) is 0 Å². The zero-order valence-corrected chi connectivity index (χ0v) is 21.6. The number of para-hydroxylation sites is 1. The van der Waals surface area contributed by atoms with Crippen molar-refractivity contribution >= 4 is 46.5 Å². The zero-order chi connectivity index (χ0) is 29.3. The van der Waals surface area contributed by atoms with E-state index in [1.807, 2.05) is 18.2 Å². The lowest BCUT2D eigenvalue weighted by Gasteiger charge is -2.25. The third-order valence-electron chi connectivity index (χ3n) is 6.05. The SMILES string of the molecule is CC(C)C(N)C(=O)NC(Cc1c[nH]c2ccccc12)C(=O)NC(CCC(=O)O)C(=O)NC(CC(N)=O)C(=O)O. The number of aromatic nitrogens is 1. The number of rotatable bonds is 15. The molecule has 0 bridgehead atoms. The molecule has 4 atom stereocenters. The highest BCUT2D eigenvalue weighted by molar-refractivity contribution is 5.95. The number of carboxylic acids is 2. The highest BCUT2D eigenvalue weighted by atomic mass is 16.4. The summed E-state index contributed by atoms with van der Waals surface area (Å²) in [6.45, 7) is 3.46. The molecule has 0 saturated carbocycles. The molecule has 1 heterocycles. The molecule has 0 fully saturated rings. The maximum Gasteiger partial charge on any atom is 0.326 e. The first-order valence-electron chi connectivity index (χ1n) is 12.2. The van der Waals surface area contributed by atoms with E-state index in [2.05, 4.69) is 20.9 Å². The summed E-state index contributed by atoms with van der Waals surface area (Å²) < 4.78 is 0. The van der Waals surface area contributed by atoms with Crippen LogP contribution in [0, 0.1) is 5.92 Å². The van der Waals surface area contributed by atoms with Crippen molar-refractivity contribution in [1.29, 1.82) is 0 Å². The maximum absolute atomic E-state index is 13.4. The minimum atomic E-state index is -1.69. The smallest absolute Gasteiger partial charge is 0.326 e. The Morgan fingerprint density at radius 2 is 1.49 bits per heavy atom. The van der Waals surface area contributed by atoms with Gasteiger partial charge in [-0.1, -0.05) is 32.0 Å². The molecule has 0 radical (unpaired) electrons. The molecule has 39 heavy (non-hydrogen) atoms. The second-order valence-corrected chi connectivity index (χ2v) is 9.46. The van der Waals surface area contributed by atoms with Gasteiger partial charge >= 0.3 is 11.9 Å². The lowest BCUT2D eigenvalue weighted by atomic mass is 10.0. The highest BCUT2D eigenvalue weighted by Crippen LogP contribution is 2.19. The van der Waals surface area contributed by atoms with Gasteiger partial charge in [-0.2, -0.15) is 0 Å². The van der Waals surface area contributed by atoms with E-state index in [0.29, 0.717) is 5.56 Å². The maximum atomic E-state index is 13.4. The Labute approximate surface area is 223 Å². The fourth-order valence-electron chi connectivity index (χ4n) is 3.78. The van der Waals surface area contributed by atoms with Crippen LogP contribution in [0.3, 0.4) is 0 Å². The molecule has 1 aromatic carbocycles. The zero-order valence-electron chi connectivity index (χ0n) is 21.6. The van der Waals surface area contributed by atoms with Gasteiger partial charge in [0.05, 0.1) is 12.5 Å². The van der Waals surface area contributed by atoms with Crippen molar-refractivity contribution in [2.45, 2.75) is 63.7 Å². The molecular formula is C25H34N6O8. The Kier molecular flexibility index (Phi) is 11.0. The summed E-state index contributed by atoms with van der Waals surface area (Å²) in [5, 5.41) is 26.3. The van der Waals surface area contributed by atoms with Crippen LogP contribution in [0.1, 0.15) is 38.7 Å². The number of amides is 4. The Hall–Kier alpha value is -4.46. The van der Waals surface area contributed by atoms with Gasteiger partial charge in [0, 0.05) is 29.9 Å². The lowest BCUT2D eigenvalue weighted by Crippen LogP contribution is -2.58. The van der Waals surface area contributed by atoms with Crippen molar-refractivity contribution in [3.05, 3.63) is 36.0 Å². The van der Waals surface area contributed by atoms with Gasteiger partial charge in [-0.15, -0.1) is 0 Å². The molecule has 212 valence electrons. The second kappa shape index (κ2) is 13.9. The van der Waals surface area contributed by atoms with E-state index < -0.39 is 79.0 Å². The standard InChI is InChI=1S/C25H34N6O8/c1-12(2)21(27)24(37)30-17(9-13-11-28-15-6-4-3-5-14(13)15)23(36)29-16(7-8-20(33)34)22(35)31-18(25(38)39)10-19(26)32/h3-6,11-12,16-18,21,28H,7-10,27H2,1-2H3,(H2,26,32)(H,29,36)(H,30,37)(H,31,35)(H,33,34)(H,38,39). The third-order valence-corrected chi connectivity index (χ3v) is 6.05. The van der Waals surface area contributed by atoms with Crippen molar-refractivity contribution in [2.75, 3.05) is 0 Å². The van der Waals surface area contributed by atoms with E-state index >= 15 is 0 Å². The monoisotopic (exact) mass is 546 g/mol. The molecule has 4 unspecified atom stereocenters. The van der Waals surface area contributed by atoms with Crippen LogP contribution in [0.4, 0.5) is 0 Å². The molecule has 0 aliphatic rings. The number of benzene rings is 1. The summed E-state index contributed by atoms with van der Waals surface area (Å²) in [4.78, 5) is 75.9. The largest absolute Gasteiger partial charge is 0.481 e. The van der Waals surface area contributed by atoms with E-state index in [1.165, 1.54) is 0 Å². The van der Waals surface area contributed by atoms with Crippen molar-refractivity contribution in [3.63, 3.8) is 0 Å². The average Bonchev–Trinajstić information content (AvgIpc) is 3.27. The number of carbonyl (C=O) groups is 6. The van der Waals surface area contributed by atoms with Crippen molar-refractivity contribution < 1.29 is 39.0 Å². The lowest BCUT2D eigenvalue weighted by molar-refractivity contribution is -0.144. The summed E-state index contributed by atoms with van der Waals surface area (Å²) in [5.74, 6) is -6.50. The first-order chi connectivity index (χ1) is 18.3. The topological polar surface area (TPSA) is 247 Å². The Balaban J connectivity index is 2.33. The van der Waals surface area contributed by atoms with Gasteiger partial charge < -0.3 is 42.6 Å². The van der Waals surface area contributed by atoms with Gasteiger partial charge in [0.2, 0.25) is 23.6 Å². The van der Waals surface area contributed by atoms with Crippen LogP contribution >= 0.6 is 0 Å². The Morgan fingerprint density at radius 1 is 0.897 bits per heavy atom. The number of fused-ring (bicyclic) bond motifs is 1. The fraction of sp³-hybridized carbons (Fsp3) is 0.440. The number of nitrogens with one attached hydrogen (secondary N) is 4. The molecule has 2 rings (SSSR count). The number of hydrogen-bond acceptors (Lipinski definition) is 7. The van der Waals surface area contributed by atoms with Crippen LogP contribution in [-0.4, -0.2) is 74.9 Å². The van der Waals surface area contributed by atoms with Crippen molar-refractivity contribution in [1.82, 2.24) is 20.9 Å². The number of aromatic amines is 1. The van der Waals surface area contributed by atoms with Gasteiger partial charge in [-0.05, 0) is 24.0 Å². The molecule has 14 heteroatoms. The molecular weight excluding hydrogens is 512 g/mol. The molecule has 0 saturated heterocycles. The minimum Gasteiger partial charge on any atom is -0.481 e. The molecule has 1 aromatic heterocycles. The van der Waals surface area contributed by atoms with Gasteiger partial charge in [0.15, 0.2) is 0 Å². The van der Waals surface area contributed by atoms with E-state index in [0.717, 1.165) is 10.9 Å². The predicted octanol–water partition coefficient (Wildman–Crippen LogP) is -1.03. The van der Waals surface area contributed by atoms with Crippen LogP contribution in [0.5, 0.6) is 0 Å². The molecule has 4 amide bonds. The first-order valence-corrected chi connectivity index (χ1v) is 12.2. The first kappa shape index (κ1) is 30.8. The van der Waals surface area contributed by atoms with Crippen molar-refractivity contribution in [2.24, 2.45) is 17.4 Å². The summed E-state index contributed by atoms with van der Waals surface area (Å²) in [6.07, 6.45) is 0.0280. The molecule has 10 N–H and O–H groups in total. The van der Waals surface area contributed by atoms with Crippen molar-refractivity contribution in [3.8, 4) is 0 Å². The minimum absolute atomic E-state index is 0.000895. The average molecular weight is 547 g/mol. The van der Waals surface area contributed by atoms with Gasteiger partial charge in [-0.25, -0.2) is 4.79 Å². The normalized spacial score (nSPS) is 14.2. The number of hydrogen-bond donors (Lipinski definition) is 8. The summed E-state index contributed by atoms with van der Waals surface area (Å²) in [6, 6.07) is 1.95. The number of primary amides is 1. The van der Waals surface area contributed by atoms with Crippen LogP contribution < -0.4 is 27.4 Å². The van der Waals surface area contributed by atoms with Gasteiger partial charge in [-0.3, -0.25) is 24.0 Å². The fourth-order valence-corrected chi connectivity index (χ4v) is 3.78. The number of nitrogens with two attached hydrogens (primary N) is 2. The highest BCUT2D eigenvalue weighted by Gasteiger charge is 2.32. The van der Waals surface area contributed by atoms with Crippen LogP contribution in [0.15, 0.2) is 30.5 Å². The molecule has 0 aliphatic carbocycles. The third kappa shape index (κ3) is 9.10. The number of aliphatic carboxylic acids is 2. The number of carboxylic acid groups (broad SMARTS) is 2. The molecule has 14 nitrogen and oxygen atoms in total. The van der Waals surface area contributed by atoms with Gasteiger partial charge in [0.1, 0.15) is 18.1 Å². The summed E-state index contributed by atoms with van der Waals surface area (Å²) in [5.41, 5.74) is 12.5. The predicted molar refractivity (Wildman–Crippen MR) is 139 cm³/mol. The van der Waals surface area contributed by atoms with Crippen LogP contribution in [0.2, 0.25) is 0 Å². The van der Waals surface area contributed by atoms with E-state index in [9.17, 15) is 33.9 Å². The summed E-state index contributed by atoms with van der Waals surface area (Å²) in [7, 11) is 0.